The van der Waals surface area contributed by atoms with Crippen molar-refractivity contribution in [1.29, 1.82) is 5.26 Å². The molecule has 0 bridgehead atoms. The highest BCUT2D eigenvalue weighted by Gasteiger charge is 2.16. The third-order valence-electron chi connectivity index (χ3n) is 6.82. The van der Waals surface area contributed by atoms with Crippen LogP contribution in [0.15, 0.2) is 107 Å². The Bertz CT molecular complexity index is 2010. The average molecular weight is 709 g/mol. The minimum atomic E-state index is -0.968. The molecule has 4 nitrogen and oxygen atoms in total. The van der Waals surface area contributed by atoms with Gasteiger partial charge in [-0.25, -0.2) is 22.0 Å². The number of carbonyl (C=O) groups is 2. The molecular formula is C37H26F6N2O2S2. The van der Waals surface area contributed by atoms with Crippen molar-refractivity contribution in [3.8, 4) is 39.4 Å². The van der Waals surface area contributed by atoms with Crippen LogP contribution in [0.1, 0.15) is 18.4 Å². The van der Waals surface area contributed by atoms with E-state index in [0.717, 1.165) is 42.1 Å². The van der Waals surface area contributed by atoms with Gasteiger partial charge < -0.3 is 5.73 Å². The minimum absolute atomic E-state index is 0.0803. The number of nitrogens with two attached hydrogens (primary N) is 1. The first-order chi connectivity index (χ1) is 23.5. The number of halogens is 6. The summed E-state index contributed by atoms with van der Waals surface area (Å²) in [7, 11) is 0. The molecule has 5 aromatic carbocycles. The van der Waals surface area contributed by atoms with E-state index in [0.29, 0.717) is 40.7 Å². The second kappa shape index (κ2) is 17.5. The Labute approximate surface area is 287 Å². The molecule has 0 fully saturated rings. The van der Waals surface area contributed by atoms with Gasteiger partial charge in [-0.05, 0) is 89.8 Å². The van der Waals surface area contributed by atoms with Crippen molar-refractivity contribution < 1.29 is 35.9 Å². The Kier molecular flexibility index (Phi) is 13.2. The van der Waals surface area contributed by atoms with Crippen LogP contribution < -0.4 is 5.73 Å². The van der Waals surface area contributed by atoms with Crippen LogP contribution in [0.3, 0.4) is 0 Å². The summed E-state index contributed by atoms with van der Waals surface area (Å²) >= 11 is 1.54. The standard InChI is InChI=1S/C34H18F5NO2S2.C3H8FN/c35-28-12-6-20(13-32(28)39)19-3-7-24(8-4-19)43-33(41)17-34(42)44-25-9-11-27(31(38)16-25)22-5-10-26(30(37)15-22)21-1-2-23(18-40)29(36)14-21;4-2-1-3-5/h1-16H,17H2;1-3,5H2. The zero-order valence-corrected chi connectivity index (χ0v) is 27.1. The number of rotatable bonds is 9. The molecule has 5 aromatic rings. The molecule has 0 saturated heterocycles. The molecule has 2 N–H and O–H groups in total. The van der Waals surface area contributed by atoms with Crippen LogP contribution in [0.25, 0.3) is 33.4 Å². The average Bonchev–Trinajstić information content (AvgIpc) is 3.07. The number of nitrogens with zero attached hydrogens (tertiary/aromatic N) is 1. The molecule has 0 heterocycles. The Morgan fingerprint density at radius 1 is 0.592 bits per heavy atom. The molecule has 0 radical (unpaired) electrons. The molecular weight excluding hydrogens is 683 g/mol. The van der Waals surface area contributed by atoms with E-state index in [1.165, 1.54) is 42.5 Å². The number of hydrogen-bond acceptors (Lipinski definition) is 6. The summed E-state index contributed by atoms with van der Waals surface area (Å²) in [5.74, 6) is -4.12. The van der Waals surface area contributed by atoms with E-state index in [4.69, 9.17) is 11.0 Å². The molecule has 12 heteroatoms. The zero-order valence-electron chi connectivity index (χ0n) is 25.5. The van der Waals surface area contributed by atoms with E-state index < -0.39 is 45.7 Å². The van der Waals surface area contributed by atoms with Gasteiger partial charge >= 0.3 is 0 Å². The summed E-state index contributed by atoms with van der Waals surface area (Å²) in [6.07, 6.45) is 0.0756. The van der Waals surface area contributed by atoms with Gasteiger partial charge in [-0.1, -0.05) is 66.0 Å². The van der Waals surface area contributed by atoms with Gasteiger partial charge in [-0.15, -0.1) is 0 Å². The topological polar surface area (TPSA) is 84.0 Å². The fourth-order valence-electron chi connectivity index (χ4n) is 4.40. The van der Waals surface area contributed by atoms with Crippen LogP contribution in [0.4, 0.5) is 26.3 Å². The van der Waals surface area contributed by atoms with Crippen molar-refractivity contribution in [1.82, 2.24) is 0 Å². The fourth-order valence-corrected chi connectivity index (χ4v) is 6.00. The van der Waals surface area contributed by atoms with Gasteiger partial charge in [0.15, 0.2) is 11.6 Å². The first kappa shape index (κ1) is 37.0. The van der Waals surface area contributed by atoms with Crippen molar-refractivity contribution in [2.75, 3.05) is 13.2 Å². The van der Waals surface area contributed by atoms with E-state index in [-0.39, 0.29) is 39.4 Å². The van der Waals surface area contributed by atoms with Gasteiger partial charge in [0.2, 0.25) is 10.2 Å². The van der Waals surface area contributed by atoms with Crippen molar-refractivity contribution in [3.05, 3.63) is 132 Å². The van der Waals surface area contributed by atoms with Crippen LogP contribution in [-0.2, 0) is 9.59 Å². The largest absolute Gasteiger partial charge is 0.330 e. The summed E-state index contributed by atoms with van der Waals surface area (Å²) in [5.41, 5.74) is 6.44. The van der Waals surface area contributed by atoms with Crippen LogP contribution in [0.2, 0.25) is 0 Å². The van der Waals surface area contributed by atoms with Crippen molar-refractivity contribution in [2.45, 2.75) is 22.6 Å². The van der Waals surface area contributed by atoms with Crippen molar-refractivity contribution in [3.63, 3.8) is 0 Å². The molecule has 0 amide bonds. The Morgan fingerprint density at radius 3 is 1.63 bits per heavy atom. The monoisotopic (exact) mass is 708 g/mol. The Morgan fingerprint density at radius 2 is 1.10 bits per heavy atom. The highest BCUT2D eigenvalue weighted by atomic mass is 32.2. The van der Waals surface area contributed by atoms with Gasteiger partial charge in [-0.2, -0.15) is 5.26 Å². The number of nitriles is 1. The van der Waals surface area contributed by atoms with Gasteiger partial charge in [0, 0.05) is 20.9 Å². The Balaban J connectivity index is 0.00000101. The molecule has 0 aliphatic heterocycles. The van der Waals surface area contributed by atoms with Gasteiger partial charge in [0.1, 0.15) is 23.5 Å². The fraction of sp³-hybridized carbons (Fsp3) is 0.108. The lowest BCUT2D eigenvalue weighted by Crippen LogP contribution is -2.00. The summed E-state index contributed by atoms with van der Waals surface area (Å²) < 4.78 is 81.5. The molecule has 0 saturated carbocycles. The third-order valence-corrected chi connectivity index (χ3v) is 8.56. The molecule has 250 valence electrons. The normalized spacial score (nSPS) is 10.6. The first-order valence-corrected chi connectivity index (χ1v) is 16.2. The molecule has 0 aliphatic carbocycles. The number of benzene rings is 5. The highest BCUT2D eigenvalue weighted by molar-refractivity contribution is 8.15. The predicted molar refractivity (Wildman–Crippen MR) is 180 cm³/mol. The quantitative estimate of drug-likeness (QED) is 0.0933. The van der Waals surface area contributed by atoms with Gasteiger partial charge in [-0.3, -0.25) is 14.0 Å². The molecule has 0 spiro atoms. The van der Waals surface area contributed by atoms with Gasteiger partial charge in [0.05, 0.1) is 18.7 Å². The lowest BCUT2D eigenvalue weighted by Gasteiger charge is -2.09. The van der Waals surface area contributed by atoms with E-state index >= 15 is 0 Å². The maximum atomic E-state index is 15.0. The second-order valence-electron chi connectivity index (χ2n) is 10.3. The summed E-state index contributed by atoms with van der Waals surface area (Å²) in [5, 5.41) is 7.95. The molecule has 0 aromatic heterocycles. The van der Waals surface area contributed by atoms with Gasteiger partial charge in [0.25, 0.3) is 0 Å². The number of thioether (sulfide) groups is 2. The zero-order chi connectivity index (χ0) is 35.5. The lowest BCUT2D eigenvalue weighted by atomic mass is 9.98. The smallest absolute Gasteiger partial charge is 0.202 e. The highest BCUT2D eigenvalue weighted by Crippen LogP contribution is 2.33. The second-order valence-corrected chi connectivity index (χ2v) is 12.5. The molecule has 0 aliphatic rings. The van der Waals surface area contributed by atoms with Crippen molar-refractivity contribution >= 4 is 33.8 Å². The number of carbonyl (C=O) groups excluding carboxylic acids is 2. The van der Waals surface area contributed by atoms with Crippen LogP contribution in [-0.4, -0.2) is 23.4 Å². The summed E-state index contributed by atoms with van der Waals surface area (Å²) in [4.78, 5) is 25.8. The van der Waals surface area contributed by atoms with Crippen molar-refractivity contribution in [2.24, 2.45) is 5.73 Å². The summed E-state index contributed by atoms with van der Waals surface area (Å²) in [6.45, 7) is 0.188. The van der Waals surface area contributed by atoms with E-state index in [9.17, 15) is 35.9 Å². The Hall–Kier alpha value is -4.83. The first-order valence-electron chi connectivity index (χ1n) is 14.5. The SMILES string of the molecule is N#Cc1ccc(-c2ccc(-c3ccc(SC(=O)CC(=O)Sc4ccc(-c5ccc(F)c(F)c5)cc4)cc3F)cc2F)cc1F.NCCCF. The number of alkyl halides is 1. The molecule has 0 unspecified atom stereocenters. The summed E-state index contributed by atoms with van der Waals surface area (Å²) in [6, 6.07) is 23.5. The van der Waals surface area contributed by atoms with Crippen LogP contribution >= 0.6 is 23.5 Å². The molecule has 49 heavy (non-hydrogen) atoms. The molecule has 0 atom stereocenters. The third kappa shape index (κ3) is 10.1. The van der Waals surface area contributed by atoms with E-state index in [1.807, 2.05) is 0 Å². The molecule has 5 rings (SSSR count). The minimum Gasteiger partial charge on any atom is -0.330 e. The lowest BCUT2D eigenvalue weighted by molar-refractivity contribution is -0.117. The van der Waals surface area contributed by atoms with Crippen LogP contribution in [0.5, 0.6) is 0 Å². The number of hydrogen-bond donors (Lipinski definition) is 1. The maximum Gasteiger partial charge on any atom is 0.202 e. The predicted octanol–water partition coefficient (Wildman–Crippen LogP) is 9.89. The maximum absolute atomic E-state index is 15.0. The van der Waals surface area contributed by atoms with E-state index in [2.05, 4.69) is 0 Å². The van der Waals surface area contributed by atoms with E-state index in [1.54, 1.807) is 30.3 Å². The van der Waals surface area contributed by atoms with Crippen LogP contribution in [0, 0.1) is 40.4 Å².